The summed E-state index contributed by atoms with van der Waals surface area (Å²) < 4.78 is 26.1. The summed E-state index contributed by atoms with van der Waals surface area (Å²) in [6.07, 6.45) is 0. The van der Waals surface area contributed by atoms with Crippen LogP contribution in [0.1, 0.15) is 6.92 Å². The first-order valence-electron chi connectivity index (χ1n) is 5.11. The Morgan fingerprint density at radius 2 is 2.06 bits per heavy atom. The molecule has 0 aromatic heterocycles. The molecule has 0 heterocycles. The number of halogens is 2. The van der Waals surface area contributed by atoms with E-state index in [0.29, 0.717) is 6.07 Å². The van der Waals surface area contributed by atoms with Crippen molar-refractivity contribution in [1.82, 2.24) is 0 Å². The van der Waals surface area contributed by atoms with Crippen LogP contribution in [0.15, 0.2) is 12.1 Å². The van der Waals surface area contributed by atoms with Crippen molar-refractivity contribution in [2.24, 2.45) is 5.92 Å². The van der Waals surface area contributed by atoms with E-state index < -0.39 is 22.2 Å². The first kappa shape index (κ1) is 13.8. The maximum absolute atomic E-state index is 13.1. The van der Waals surface area contributed by atoms with Crippen LogP contribution in [0.5, 0.6) is 0 Å². The first-order chi connectivity index (χ1) is 8.36. The fourth-order valence-electron chi connectivity index (χ4n) is 1.53. The van der Waals surface area contributed by atoms with Gasteiger partial charge in [-0.25, -0.2) is 8.78 Å². The lowest BCUT2D eigenvalue weighted by atomic mass is 10.1. The lowest BCUT2D eigenvalue weighted by Crippen LogP contribution is -2.24. The molecule has 1 unspecified atom stereocenters. The van der Waals surface area contributed by atoms with Crippen molar-refractivity contribution in [2.75, 3.05) is 18.5 Å². The molecule has 1 aromatic carbocycles. The summed E-state index contributed by atoms with van der Waals surface area (Å²) in [6.45, 7) is 1.81. The van der Waals surface area contributed by atoms with Crippen LogP contribution in [0.2, 0.25) is 0 Å². The van der Waals surface area contributed by atoms with Gasteiger partial charge < -0.3 is 4.90 Å². The number of nitro groups is 1. The average Bonchev–Trinajstić information content (AvgIpc) is 2.31. The number of nitriles is 1. The van der Waals surface area contributed by atoms with Crippen molar-refractivity contribution in [3.63, 3.8) is 0 Å². The van der Waals surface area contributed by atoms with E-state index in [1.165, 1.54) is 11.9 Å². The number of hydrogen-bond donors (Lipinski definition) is 0. The Morgan fingerprint density at radius 1 is 1.50 bits per heavy atom. The Bertz CT molecular complexity index is 514. The van der Waals surface area contributed by atoms with Gasteiger partial charge in [0.1, 0.15) is 5.69 Å². The molecule has 0 N–H and O–H groups in total. The molecule has 1 aromatic rings. The number of rotatable bonds is 4. The van der Waals surface area contributed by atoms with Gasteiger partial charge in [-0.05, 0) is 6.92 Å². The highest BCUT2D eigenvalue weighted by Crippen LogP contribution is 2.30. The summed E-state index contributed by atoms with van der Waals surface area (Å²) in [5.41, 5.74) is -0.581. The van der Waals surface area contributed by atoms with Crippen LogP contribution in [0.3, 0.4) is 0 Å². The van der Waals surface area contributed by atoms with Crippen LogP contribution < -0.4 is 4.90 Å². The van der Waals surface area contributed by atoms with Crippen molar-refractivity contribution in [1.29, 1.82) is 5.26 Å². The van der Waals surface area contributed by atoms with E-state index >= 15 is 0 Å². The second kappa shape index (κ2) is 5.40. The van der Waals surface area contributed by atoms with Crippen LogP contribution in [-0.2, 0) is 0 Å². The van der Waals surface area contributed by atoms with E-state index in [0.717, 1.165) is 6.07 Å². The second-order valence-corrected chi connectivity index (χ2v) is 3.92. The molecule has 0 saturated heterocycles. The molecule has 1 rings (SSSR count). The number of benzene rings is 1. The Balaban J connectivity index is 3.18. The van der Waals surface area contributed by atoms with Gasteiger partial charge in [0.25, 0.3) is 5.69 Å². The summed E-state index contributed by atoms with van der Waals surface area (Å²) in [5.74, 6) is -2.82. The molecule has 96 valence electrons. The monoisotopic (exact) mass is 255 g/mol. The van der Waals surface area contributed by atoms with Crippen molar-refractivity contribution in [3.8, 4) is 6.07 Å². The minimum absolute atomic E-state index is 0.0546. The summed E-state index contributed by atoms with van der Waals surface area (Å²) in [5, 5.41) is 19.4. The third-order valence-corrected chi connectivity index (χ3v) is 2.39. The lowest BCUT2D eigenvalue weighted by Gasteiger charge is -2.20. The predicted octanol–water partition coefficient (Wildman–Crippen LogP) is 2.47. The molecule has 0 spiro atoms. The molecule has 0 aliphatic carbocycles. The lowest BCUT2D eigenvalue weighted by molar-refractivity contribution is -0.384. The van der Waals surface area contributed by atoms with Gasteiger partial charge in [0.2, 0.25) is 0 Å². The number of nitrogens with zero attached hydrogens (tertiary/aromatic N) is 3. The normalized spacial score (nSPS) is 11.7. The van der Waals surface area contributed by atoms with Crippen molar-refractivity contribution >= 4 is 11.4 Å². The average molecular weight is 255 g/mol. The molecule has 5 nitrogen and oxygen atoms in total. The molecule has 0 saturated carbocycles. The van der Waals surface area contributed by atoms with Gasteiger partial charge in [-0.2, -0.15) is 5.26 Å². The van der Waals surface area contributed by atoms with Gasteiger partial charge in [-0.3, -0.25) is 10.1 Å². The van der Waals surface area contributed by atoms with Gasteiger partial charge in [-0.15, -0.1) is 0 Å². The summed E-state index contributed by atoms with van der Waals surface area (Å²) in [7, 11) is 1.48. The molecule has 0 fully saturated rings. The van der Waals surface area contributed by atoms with E-state index in [9.17, 15) is 18.9 Å². The Hall–Kier alpha value is -2.23. The first-order valence-corrected chi connectivity index (χ1v) is 5.11. The van der Waals surface area contributed by atoms with Crippen LogP contribution in [0, 0.1) is 39.0 Å². The zero-order valence-electron chi connectivity index (χ0n) is 9.85. The number of nitro benzene ring substituents is 1. The molecule has 1 atom stereocenters. The highest BCUT2D eigenvalue weighted by Gasteiger charge is 2.22. The smallest absolute Gasteiger partial charge is 0.295 e. The topological polar surface area (TPSA) is 70.2 Å². The van der Waals surface area contributed by atoms with Gasteiger partial charge in [0.05, 0.1) is 23.0 Å². The Kier molecular flexibility index (Phi) is 4.15. The van der Waals surface area contributed by atoms with Crippen molar-refractivity contribution < 1.29 is 13.7 Å². The van der Waals surface area contributed by atoms with Crippen LogP contribution >= 0.6 is 0 Å². The fourth-order valence-corrected chi connectivity index (χ4v) is 1.53. The highest BCUT2D eigenvalue weighted by atomic mass is 19.2. The second-order valence-electron chi connectivity index (χ2n) is 3.92. The van der Waals surface area contributed by atoms with Gasteiger partial charge in [-0.1, -0.05) is 0 Å². The predicted molar refractivity (Wildman–Crippen MR) is 61.1 cm³/mol. The van der Waals surface area contributed by atoms with Gasteiger partial charge in [0.15, 0.2) is 11.6 Å². The fraction of sp³-hybridized carbons (Fsp3) is 0.364. The van der Waals surface area contributed by atoms with Crippen LogP contribution in [0.4, 0.5) is 20.2 Å². The maximum Gasteiger partial charge on any atom is 0.295 e. The zero-order chi connectivity index (χ0) is 13.9. The van der Waals surface area contributed by atoms with Crippen molar-refractivity contribution in [2.45, 2.75) is 6.92 Å². The number of hydrogen-bond acceptors (Lipinski definition) is 4. The largest absolute Gasteiger partial charge is 0.368 e. The Morgan fingerprint density at radius 3 is 2.56 bits per heavy atom. The molecule has 0 radical (unpaired) electrons. The molecule has 0 aliphatic rings. The van der Waals surface area contributed by atoms with Gasteiger partial charge in [0, 0.05) is 19.7 Å². The van der Waals surface area contributed by atoms with Gasteiger partial charge >= 0.3 is 0 Å². The summed E-state index contributed by atoms with van der Waals surface area (Å²) in [6, 6.07) is 3.26. The molecule has 18 heavy (non-hydrogen) atoms. The quantitative estimate of drug-likeness (QED) is 0.612. The Labute approximate surface area is 102 Å². The van der Waals surface area contributed by atoms with Crippen LogP contribution in [0.25, 0.3) is 0 Å². The van der Waals surface area contributed by atoms with E-state index in [1.54, 1.807) is 6.92 Å². The molecule has 0 bridgehead atoms. The molecular weight excluding hydrogens is 244 g/mol. The minimum Gasteiger partial charge on any atom is -0.368 e. The minimum atomic E-state index is -1.27. The maximum atomic E-state index is 13.1. The number of anilines is 1. The molecular formula is C11H11F2N3O2. The van der Waals surface area contributed by atoms with E-state index in [2.05, 4.69) is 0 Å². The standard InChI is InChI=1S/C11H11F2N3O2/c1-7(5-14)6-15(2)10-3-8(12)9(13)4-11(10)16(17)18/h3-4,7H,6H2,1-2H3. The molecule has 0 amide bonds. The van der Waals surface area contributed by atoms with E-state index in [-0.39, 0.29) is 18.2 Å². The SMILES string of the molecule is CC(C#N)CN(C)c1cc(F)c(F)cc1[N+](=O)[O-]. The zero-order valence-corrected chi connectivity index (χ0v) is 9.85. The third kappa shape index (κ3) is 2.91. The highest BCUT2D eigenvalue weighted by molar-refractivity contribution is 5.63. The molecule has 0 aliphatic heterocycles. The summed E-state index contributed by atoms with van der Waals surface area (Å²) in [4.78, 5) is 11.3. The summed E-state index contributed by atoms with van der Waals surface area (Å²) >= 11 is 0. The van der Waals surface area contributed by atoms with E-state index in [4.69, 9.17) is 5.26 Å². The van der Waals surface area contributed by atoms with Crippen LogP contribution in [-0.4, -0.2) is 18.5 Å². The molecule has 7 heteroatoms. The van der Waals surface area contributed by atoms with E-state index in [1.807, 2.05) is 6.07 Å². The third-order valence-electron chi connectivity index (χ3n) is 2.39. The van der Waals surface area contributed by atoms with Crippen molar-refractivity contribution in [3.05, 3.63) is 33.9 Å².